The Hall–Kier alpha value is -1.34. The van der Waals surface area contributed by atoms with Crippen LogP contribution in [0.15, 0.2) is 49.6 Å². The van der Waals surface area contributed by atoms with Crippen LogP contribution in [0, 0.1) is 17.8 Å². The summed E-state index contributed by atoms with van der Waals surface area (Å²) in [4.78, 5) is 0. The molecule has 1 heteroatoms. The molecule has 29 heavy (non-hydrogen) atoms. The van der Waals surface area contributed by atoms with Crippen LogP contribution in [0.2, 0.25) is 0 Å². The van der Waals surface area contributed by atoms with Gasteiger partial charge >= 0.3 is 0 Å². The maximum atomic E-state index is 5.55. The van der Waals surface area contributed by atoms with Crippen molar-refractivity contribution < 1.29 is 4.74 Å². The van der Waals surface area contributed by atoms with E-state index in [0.717, 1.165) is 23.7 Å². The molecular formula is C28H42O. The highest BCUT2D eigenvalue weighted by Crippen LogP contribution is 2.40. The van der Waals surface area contributed by atoms with E-state index in [1.165, 1.54) is 88.2 Å². The van der Waals surface area contributed by atoms with Crippen LogP contribution in [0.3, 0.4) is 0 Å². The van der Waals surface area contributed by atoms with Crippen molar-refractivity contribution in [3.8, 4) is 0 Å². The minimum atomic E-state index is 0.627. The Kier molecular flexibility index (Phi) is 9.54. The molecule has 0 N–H and O–H groups in total. The van der Waals surface area contributed by atoms with Crippen molar-refractivity contribution in [2.45, 2.75) is 89.6 Å². The first-order valence-electron chi connectivity index (χ1n) is 12.2. The fourth-order valence-electron chi connectivity index (χ4n) is 5.56. The van der Waals surface area contributed by atoms with E-state index < -0.39 is 0 Å². The Bertz CT molecular complexity index is 585. The molecule has 0 spiro atoms. The van der Waals surface area contributed by atoms with Crippen molar-refractivity contribution in [1.29, 1.82) is 0 Å². The molecule has 2 fully saturated rings. The smallest absolute Gasteiger partial charge is 0.0721 e. The molecular weight excluding hydrogens is 352 g/mol. The van der Waals surface area contributed by atoms with Gasteiger partial charge in [-0.25, -0.2) is 0 Å². The molecule has 0 aromatic heterocycles. The van der Waals surface area contributed by atoms with E-state index in [2.05, 4.69) is 43.5 Å². The Labute approximate surface area is 179 Å². The van der Waals surface area contributed by atoms with E-state index in [-0.39, 0.29) is 0 Å². The van der Waals surface area contributed by atoms with Crippen molar-refractivity contribution in [3.63, 3.8) is 0 Å². The summed E-state index contributed by atoms with van der Waals surface area (Å²) >= 11 is 0. The van der Waals surface area contributed by atoms with Crippen LogP contribution in [-0.2, 0) is 11.3 Å². The lowest BCUT2D eigenvalue weighted by Crippen LogP contribution is -2.17. The molecule has 0 unspecified atom stereocenters. The zero-order chi connectivity index (χ0) is 20.3. The van der Waals surface area contributed by atoms with Crippen LogP contribution in [0.25, 0.3) is 0 Å². The van der Waals surface area contributed by atoms with E-state index in [0.29, 0.717) is 13.2 Å². The van der Waals surface area contributed by atoms with E-state index in [9.17, 15) is 0 Å². The SMILES string of the molecule is C=CCC[C@H]1CC[C@H](CCC2CCC(c3ccc(COCC=C)cc3)CC2)CC1. The minimum Gasteiger partial charge on any atom is -0.373 e. The summed E-state index contributed by atoms with van der Waals surface area (Å²) in [5.74, 6) is 3.76. The molecule has 2 saturated carbocycles. The van der Waals surface area contributed by atoms with Crippen molar-refractivity contribution >= 4 is 0 Å². The highest BCUT2D eigenvalue weighted by atomic mass is 16.5. The molecule has 1 nitrogen and oxygen atoms in total. The molecule has 1 aromatic carbocycles. The number of allylic oxidation sites excluding steroid dienone is 1. The average Bonchev–Trinajstić information content (AvgIpc) is 2.78. The third-order valence-electron chi connectivity index (χ3n) is 7.53. The first-order valence-corrected chi connectivity index (χ1v) is 12.2. The molecule has 0 heterocycles. The van der Waals surface area contributed by atoms with Gasteiger partial charge in [0.05, 0.1) is 13.2 Å². The van der Waals surface area contributed by atoms with Gasteiger partial charge in [0.25, 0.3) is 0 Å². The molecule has 0 saturated heterocycles. The monoisotopic (exact) mass is 394 g/mol. The van der Waals surface area contributed by atoms with Gasteiger partial charge in [0.15, 0.2) is 0 Å². The number of hydrogen-bond donors (Lipinski definition) is 0. The lowest BCUT2D eigenvalue weighted by Gasteiger charge is -2.32. The number of benzene rings is 1. The minimum absolute atomic E-state index is 0.627. The van der Waals surface area contributed by atoms with Gasteiger partial charge in [0.1, 0.15) is 0 Å². The van der Waals surface area contributed by atoms with Crippen molar-refractivity contribution in [1.82, 2.24) is 0 Å². The topological polar surface area (TPSA) is 9.23 Å². The van der Waals surface area contributed by atoms with Gasteiger partial charge in [-0.15, -0.1) is 13.2 Å². The molecule has 3 rings (SSSR count). The van der Waals surface area contributed by atoms with Crippen LogP contribution in [0.4, 0.5) is 0 Å². The van der Waals surface area contributed by atoms with Gasteiger partial charge in [-0.05, 0) is 73.3 Å². The van der Waals surface area contributed by atoms with Crippen LogP contribution in [0.1, 0.15) is 94.1 Å². The van der Waals surface area contributed by atoms with Gasteiger partial charge < -0.3 is 4.74 Å². The summed E-state index contributed by atoms with van der Waals surface area (Å²) in [6.07, 6.45) is 21.0. The third-order valence-corrected chi connectivity index (χ3v) is 7.53. The van der Waals surface area contributed by atoms with Gasteiger partial charge in [-0.3, -0.25) is 0 Å². The molecule has 160 valence electrons. The number of rotatable bonds is 11. The quantitative estimate of drug-likeness (QED) is 0.271. The van der Waals surface area contributed by atoms with Gasteiger partial charge in [-0.1, -0.05) is 74.9 Å². The summed E-state index contributed by atoms with van der Waals surface area (Å²) in [5, 5.41) is 0. The maximum absolute atomic E-state index is 5.55. The van der Waals surface area contributed by atoms with Gasteiger partial charge in [0, 0.05) is 0 Å². The molecule has 2 aliphatic carbocycles. The number of ether oxygens (including phenoxy) is 1. The summed E-state index contributed by atoms with van der Waals surface area (Å²) in [6, 6.07) is 9.16. The highest BCUT2D eigenvalue weighted by molar-refractivity contribution is 5.25. The maximum Gasteiger partial charge on any atom is 0.0721 e. The second kappa shape index (κ2) is 12.4. The van der Waals surface area contributed by atoms with Crippen LogP contribution in [0.5, 0.6) is 0 Å². The predicted molar refractivity (Wildman–Crippen MR) is 125 cm³/mol. The standard InChI is InChI=1S/C28H42O/c1-3-5-6-23-7-9-24(10-8-23)11-12-25-13-17-27(18-14-25)28-19-15-26(16-20-28)22-29-21-4-2/h3-4,15-16,19-20,23-25,27H,1-2,5-14,17-18,21-22H2/t23-,24-,25?,27?. The normalized spacial score (nSPS) is 27.4. The highest BCUT2D eigenvalue weighted by Gasteiger charge is 2.25. The second-order valence-corrected chi connectivity index (χ2v) is 9.59. The molecule has 0 bridgehead atoms. The number of hydrogen-bond acceptors (Lipinski definition) is 1. The van der Waals surface area contributed by atoms with Gasteiger partial charge in [0.2, 0.25) is 0 Å². The molecule has 0 atom stereocenters. The molecule has 0 radical (unpaired) electrons. The fraction of sp³-hybridized carbons (Fsp3) is 0.643. The summed E-state index contributed by atoms with van der Waals surface area (Å²) in [6.45, 7) is 8.89. The Morgan fingerprint density at radius 2 is 1.28 bits per heavy atom. The second-order valence-electron chi connectivity index (χ2n) is 9.59. The van der Waals surface area contributed by atoms with E-state index >= 15 is 0 Å². The molecule has 2 aliphatic rings. The van der Waals surface area contributed by atoms with Gasteiger partial charge in [-0.2, -0.15) is 0 Å². The van der Waals surface area contributed by atoms with E-state index in [1.807, 2.05) is 6.08 Å². The van der Waals surface area contributed by atoms with E-state index in [1.54, 1.807) is 0 Å². The lowest BCUT2D eigenvalue weighted by atomic mass is 9.74. The Morgan fingerprint density at radius 1 is 0.724 bits per heavy atom. The van der Waals surface area contributed by atoms with E-state index in [4.69, 9.17) is 4.74 Å². The Morgan fingerprint density at radius 3 is 1.83 bits per heavy atom. The zero-order valence-electron chi connectivity index (χ0n) is 18.5. The van der Waals surface area contributed by atoms with Crippen molar-refractivity contribution in [2.75, 3.05) is 6.61 Å². The Balaban J connectivity index is 1.32. The van der Waals surface area contributed by atoms with Crippen LogP contribution < -0.4 is 0 Å². The fourth-order valence-corrected chi connectivity index (χ4v) is 5.56. The zero-order valence-corrected chi connectivity index (χ0v) is 18.5. The molecule has 0 amide bonds. The van der Waals surface area contributed by atoms with Crippen LogP contribution >= 0.6 is 0 Å². The summed E-state index contributed by atoms with van der Waals surface area (Å²) in [7, 11) is 0. The summed E-state index contributed by atoms with van der Waals surface area (Å²) in [5.41, 5.74) is 2.80. The van der Waals surface area contributed by atoms with Crippen LogP contribution in [-0.4, -0.2) is 6.61 Å². The third kappa shape index (κ3) is 7.45. The summed E-state index contributed by atoms with van der Waals surface area (Å²) < 4.78 is 5.55. The average molecular weight is 395 g/mol. The largest absolute Gasteiger partial charge is 0.373 e. The molecule has 0 aliphatic heterocycles. The van der Waals surface area contributed by atoms with Crippen molar-refractivity contribution in [3.05, 3.63) is 60.7 Å². The lowest BCUT2D eigenvalue weighted by molar-refractivity contribution is 0.149. The predicted octanol–water partition coefficient (Wildman–Crippen LogP) is 8.22. The first-order chi connectivity index (χ1) is 14.3. The molecule has 1 aromatic rings. The first kappa shape index (κ1) is 22.3. The van der Waals surface area contributed by atoms with Crippen molar-refractivity contribution in [2.24, 2.45) is 17.8 Å².